The summed E-state index contributed by atoms with van der Waals surface area (Å²) in [5.74, 6) is -2.11. The van der Waals surface area contributed by atoms with E-state index in [2.05, 4.69) is 20.9 Å². The Morgan fingerprint density at radius 3 is 2.33 bits per heavy atom. The maximum atomic E-state index is 15.0. The number of guanidine groups is 1. The van der Waals surface area contributed by atoms with Crippen molar-refractivity contribution < 1.29 is 24.0 Å². The van der Waals surface area contributed by atoms with Crippen molar-refractivity contribution in [3.05, 3.63) is 71.3 Å². The van der Waals surface area contributed by atoms with E-state index in [1.807, 2.05) is 54.6 Å². The van der Waals surface area contributed by atoms with Crippen LogP contribution in [-0.2, 0) is 43.4 Å². The van der Waals surface area contributed by atoms with Crippen LogP contribution in [0.25, 0.3) is 0 Å². The van der Waals surface area contributed by atoms with Crippen LogP contribution in [0.15, 0.2) is 59.6 Å². The molecule has 3 aliphatic heterocycles. The van der Waals surface area contributed by atoms with E-state index in [4.69, 9.17) is 11.5 Å². The lowest BCUT2D eigenvalue weighted by molar-refractivity contribution is -0.152. The Labute approximate surface area is 286 Å². The average molecular weight is 671 g/mol. The number of rotatable bonds is 6. The van der Waals surface area contributed by atoms with E-state index in [0.717, 1.165) is 42.4 Å². The summed E-state index contributed by atoms with van der Waals surface area (Å²) in [5, 5.41) is 8.42. The number of hydrogen-bond acceptors (Lipinski definition) is 6. The van der Waals surface area contributed by atoms with E-state index in [-0.39, 0.29) is 55.7 Å². The van der Waals surface area contributed by atoms with Gasteiger partial charge in [-0.2, -0.15) is 0 Å². The Morgan fingerprint density at radius 2 is 1.55 bits per heavy atom. The van der Waals surface area contributed by atoms with Gasteiger partial charge in [0.25, 0.3) is 0 Å². The lowest BCUT2D eigenvalue weighted by atomic mass is 9.84. The molecule has 4 aliphatic rings. The molecular formula is C36H46N8O5. The van der Waals surface area contributed by atoms with Gasteiger partial charge in [0.2, 0.25) is 29.5 Å². The zero-order chi connectivity index (χ0) is 34.5. The normalized spacial score (nSPS) is 27.6. The number of amides is 5. The number of nitrogens with zero attached hydrogens (tertiary/aromatic N) is 3. The summed E-state index contributed by atoms with van der Waals surface area (Å²) in [6, 6.07) is 13.3. The molecule has 5 amide bonds. The molecule has 13 nitrogen and oxygen atoms in total. The van der Waals surface area contributed by atoms with Gasteiger partial charge in [0, 0.05) is 32.0 Å². The van der Waals surface area contributed by atoms with Crippen molar-refractivity contribution in [1.29, 1.82) is 0 Å². The van der Waals surface area contributed by atoms with E-state index in [1.54, 1.807) is 9.80 Å². The van der Waals surface area contributed by atoms with Crippen LogP contribution in [0.2, 0.25) is 0 Å². The number of hydrogen-bond donors (Lipinski definition) is 5. The molecule has 2 aromatic rings. The third-order valence-corrected chi connectivity index (χ3v) is 10.4. The maximum absolute atomic E-state index is 15.0. The Balaban J connectivity index is 1.39. The average Bonchev–Trinajstić information content (AvgIpc) is 3.50. The second-order valence-corrected chi connectivity index (χ2v) is 13.6. The van der Waals surface area contributed by atoms with E-state index >= 15 is 0 Å². The SMILES string of the molecule is NC(N)=NCCC[C@@H]1NC(=O)[C@@H]2CC3CCCCC3N2C(=O)[C@H]2Cc3ccccc3CN2C(=O)[C@H](Cc2ccccc2)NC(=O)CNC1=O. The van der Waals surface area contributed by atoms with Gasteiger partial charge in [-0.25, -0.2) is 0 Å². The van der Waals surface area contributed by atoms with Gasteiger partial charge < -0.3 is 37.2 Å². The minimum Gasteiger partial charge on any atom is -0.370 e. The van der Waals surface area contributed by atoms with Crippen molar-refractivity contribution in [3.8, 4) is 0 Å². The van der Waals surface area contributed by atoms with Crippen molar-refractivity contribution in [3.63, 3.8) is 0 Å². The van der Waals surface area contributed by atoms with Gasteiger partial charge in [0.15, 0.2) is 5.96 Å². The highest BCUT2D eigenvalue weighted by Gasteiger charge is 2.51. The van der Waals surface area contributed by atoms with Crippen LogP contribution >= 0.6 is 0 Å². The van der Waals surface area contributed by atoms with Crippen LogP contribution in [0.3, 0.4) is 0 Å². The van der Waals surface area contributed by atoms with Crippen LogP contribution in [0.1, 0.15) is 61.6 Å². The number of fused-ring (bicyclic) bond motifs is 5. The Bertz CT molecular complexity index is 1590. The Morgan fingerprint density at radius 1 is 0.816 bits per heavy atom. The molecule has 0 bridgehead atoms. The largest absolute Gasteiger partial charge is 0.370 e. The summed E-state index contributed by atoms with van der Waals surface area (Å²) in [5.41, 5.74) is 13.7. The van der Waals surface area contributed by atoms with Crippen molar-refractivity contribution >= 4 is 35.5 Å². The number of aliphatic imine (C=N–C) groups is 1. The summed E-state index contributed by atoms with van der Waals surface area (Å²) >= 11 is 0. The maximum Gasteiger partial charge on any atom is 0.246 e. The third kappa shape index (κ3) is 7.71. The van der Waals surface area contributed by atoms with Gasteiger partial charge in [0.1, 0.15) is 24.2 Å². The van der Waals surface area contributed by atoms with E-state index in [9.17, 15) is 24.0 Å². The molecule has 2 saturated heterocycles. The highest BCUT2D eigenvalue weighted by molar-refractivity contribution is 5.98. The predicted octanol–water partition coefficient (Wildman–Crippen LogP) is 0.495. The minimum atomic E-state index is -0.996. The van der Waals surface area contributed by atoms with Crippen LogP contribution in [-0.4, -0.2) is 88.6 Å². The Kier molecular flexibility index (Phi) is 10.4. The molecule has 3 heterocycles. The standard InChI is InChI=1S/C36H46N8O5/c37-36(38)39-16-8-14-26-32(46)40-20-31(45)41-27(17-22-9-2-1-3-10-22)34(48)43-21-25-13-5-4-11-23(25)18-30(43)35(49)44-28-15-7-6-12-24(28)19-29(44)33(47)42-26/h1-5,9-11,13,24,26-30H,6-8,12,14-21H2,(H,40,46)(H,41,45)(H,42,47)(H4,37,38,39)/t24?,26-,27-,28?,29-,30+/m0/s1. The summed E-state index contributed by atoms with van der Waals surface area (Å²) in [7, 11) is 0. The molecule has 1 saturated carbocycles. The summed E-state index contributed by atoms with van der Waals surface area (Å²) in [6.07, 6.45) is 5.22. The lowest BCUT2D eigenvalue weighted by Gasteiger charge is -2.42. The fourth-order valence-corrected chi connectivity index (χ4v) is 7.98. The molecule has 6 atom stereocenters. The predicted molar refractivity (Wildman–Crippen MR) is 182 cm³/mol. The van der Waals surface area contributed by atoms with Gasteiger partial charge in [-0.05, 0) is 54.7 Å². The molecule has 2 unspecified atom stereocenters. The molecular weight excluding hydrogens is 624 g/mol. The third-order valence-electron chi connectivity index (χ3n) is 10.4. The molecule has 0 radical (unpaired) electrons. The lowest BCUT2D eigenvalue weighted by Crippen LogP contribution is -2.61. The van der Waals surface area contributed by atoms with E-state index in [1.165, 1.54) is 0 Å². The molecule has 0 spiro atoms. The number of nitrogens with two attached hydrogens (primary N) is 2. The van der Waals surface area contributed by atoms with Crippen LogP contribution in [0.5, 0.6) is 0 Å². The van der Waals surface area contributed by atoms with E-state index in [0.29, 0.717) is 19.3 Å². The smallest absolute Gasteiger partial charge is 0.246 e. The Hall–Kier alpha value is -4.94. The van der Waals surface area contributed by atoms with Crippen LogP contribution < -0.4 is 27.4 Å². The first-order valence-electron chi connectivity index (χ1n) is 17.4. The fraction of sp³-hybridized carbons (Fsp3) is 0.500. The molecule has 260 valence electrons. The summed E-state index contributed by atoms with van der Waals surface area (Å²) in [4.78, 5) is 77.9. The first-order valence-corrected chi connectivity index (χ1v) is 17.4. The zero-order valence-electron chi connectivity index (χ0n) is 27.7. The number of benzene rings is 2. The van der Waals surface area contributed by atoms with E-state index < -0.39 is 48.4 Å². The molecule has 7 N–H and O–H groups in total. The van der Waals surface area contributed by atoms with Crippen LogP contribution in [0.4, 0.5) is 0 Å². The molecule has 49 heavy (non-hydrogen) atoms. The summed E-state index contributed by atoms with van der Waals surface area (Å²) in [6.45, 7) is 0.0471. The van der Waals surface area contributed by atoms with Gasteiger partial charge in [0.05, 0.1) is 6.54 Å². The first kappa shape index (κ1) is 33.9. The van der Waals surface area contributed by atoms with Crippen molar-refractivity contribution in [2.75, 3.05) is 13.1 Å². The van der Waals surface area contributed by atoms with Gasteiger partial charge in [-0.3, -0.25) is 29.0 Å². The minimum absolute atomic E-state index is 0.0751. The summed E-state index contributed by atoms with van der Waals surface area (Å²) < 4.78 is 0. The molecule has 2 aromatic carbocycles. The second-order valence-electron chi connectivity index (χ2n) is 13.6. The molecule has 6 rings (SSSR count). The first-order chi connectivity index (χ1) is 23.7. The highest BCUT2D eigenvalue weighted by atomic mass is 16.2. The van der Waals surface area contributed by atoms with Crippen LogP contribution in [0, 0.1) is 5.92 Å². The number of carbonyl (C=O) groups is 5. The van der Waals surface area contributed by atoms with Crippen molar-refractivity contribution in [2.24, 2.45) is 22.4 Å². The topological polar surface area (TPSA) is 192 Å². The molecule has 3 fully saturated rings. The number of nitrogens with one attached hydrogen (secondary N) is 3. The van der Waals surface area contributed by atoms with Gasteiger partial charge >= 0.3 is 0 Å². The quantitative estimate of drug-likeness (QED) is 0.168. The van der Waals surface area contributed by atoms with Crippen molar-refractivity contribution in [1.82, 2.24) is 25.8 Å². The molecule has 1 aliphatic carbocycles. The van der Waals surface area contributed by atoms with Gasteiger partial charge in [-0.1, -0.05) is 67.4 Å². The zero-order valence-corrected chi connectivity index (χ0v) is 27.7. The van der Waals surface area contributed by atoms with Crippen molar-refractivity contribution in [2.45, 2.75) is 94.5 Å². The second kappa shape index (κ2) is 15.1. The number of carbonyl (C=O) groups excluding carboxylic acids is 5. The molecule has 13 heteroatoms. The molecule has 0 aromatic heterocycles. The highest BCUT2D eigenvalue weighted by Crippen LogP contribution is 2.41. The van der Waals surface area contributed by atoms with Gasteiger partial charge in [-0.15, -0.1) is 0 Å². The fourth-order valence-electron chi connectivity index (χ4n) is 7.98. The monoisotopic (exact) mass is 670 g/mol.